The summed E-state index contributed by atoms with van der Waals surface area (Å²) in [6.07, 6.45) is 0.970. The molecule has 28 heavy (non-hydrogen) atoms. The van der Waals surface area contributed by atoms with Gasteiger partial charge in [-0.2, -0.15) is 0 Å². The maximum atomic E-state index is 12.5. The molecular formula is C23H34O5. The highest BCUT2D eigenvalue weighted by Gasteiger charge is 2.33. The van der Waals surface area contributed by atoms with Crippen LogP contribution < -0.4 is 0 Å². The number of hydrogen-bond acceptors (Lipinski definition) is 5. The van der Waals surface area contributed by atoms with Crippen LogP contribution in [0, 0.1) is 10.8 Å². The van der Waals surface area contributed by atoms with E-state index in [4.69, 9.17) is 14.2 Å². The molecule has 1 aromatic carbocycles. The van der Waals surface area contributed by atoms with Crippen molar-refractivity contribution in [1.82, 2.24) is 0 Å². The van der Waals surface area contributed by atoms with Crippen molar-refractivity contribution in [3.8, 4) is 0 Å². The van der Waals surface area contributed by atoms with E-state index in [2.05, 4.69) is 6.58 Å². The van der Waals surface area contributed by atoms with E-state index < -0.39 is 23.0 Å². The minimum Gasteiger partial charge on any atom is -0.461 e. The lowest BCUT2D eigenvalue weighted by atomic mass is 9.97. The van der Waals surface area contributed by atoms with Crippen LogP contribution in [0.4, 0.5) is 0 Å². The molecule has 0 heterocycles. The van der Waals surface area contributed by atoms with Crippen molar-refractivity contribution in [2.45, 2.75) is 66.8 Å². The molecule has 0 unspecified atom stereocenters. The summed E-state index contributed by atoms with van der Waals surface area (Å²) in [6.45, 7) is 14.7. The molecule has 156 valence electrons. The number of rotatable bonds is 9. The standard InChI is InChI=1S/C23H34O5/c1-8-12-18(26-15-17-13-10-9-11-14-17)19(28-21(25)23(5,6)7)16-27-20(24)22(2,3)4/h8-11,13-14,18-19H,1,12,15-16H2,2-7H3/t18-,19+/m0/s1. The molecule has 0 saturated carbocycles. The molecule has 0 fully saturated rings. The van der Waals surface area contributed by atoms with Gasteiger partial charge >= 0.3 is 11.9 Å². The summed E-state index contributed by atoms with van der Waals surface area (Å²) in [5.74, 6) is -0.730. The quantitative estimate of drug-likeness (QED) is 0.452. The molecule has 0 radical (unpaired) electrons. The molecule has 5 heteroatoms. The van der Waals surface area contributed by atoms with Crippen LogP contribution in [0.15, 0.2) is 43.0 Å². The van der Waals surface area contributed by atoms with Gasteiger partial charge in [-0.25, -0.2) is 0 Å². The van der Waals surface area contributed by atoms with Gasteiger partial charge in [-0.05, 0) is 53.5 Å². The largest absolute Gasteiger partial charge is 0.461 e. The summed E-state index contributed by atoms with van der Waals surface area (Å²) in [4.78, 5) is 24.6. The number of hydrogen-bond donors (Lipinski definition) is 0. The normalized spacial score (nSPS) is 14.1. The van der Waals surface area contributed by atoms with E-state index in [1.165, 1.54) is 0 Å². The highest BCUT2D eigenvalue weighted by molar-refractivity contribution is 5.76. The zero-order valence-corrected chi connectivity index (χ0v) is 18.0. The summed E-state index contributed by atoms with van der Waals surface area (Å²) < 4.78 is 17.1. The van der Waals surface area contributed by atoms with Gasteiger partial charge in [0.25, 0.3) is 0 Å². The Bertz CT molecular complexity index is 637. The SMILES string of the molecule is C=CC[C@H](OCc1ccccc1)[C@@H](COC(=O)C(C)(C)C)OC(=O)C(C)(C)C. The van der Waals surface area contributed by atoms with Gasteiger partial charge < -0.3 is 14.2 Å². The Hall–Kier alpha value is -2.14. The summed E-state index contributed by atoms with van der Waals surface area (Å²) in [5.41, 5.74) is -0.314. The minimum absolute atomic E-state index is 0.0643. The van der Waals surface area contributed by atoms with Gasteiger partial charge in [0.05, 0.1) is 17.4 Å². The first kappa shape index (κ1) is 23.9. The lowest BCUT2D eigenvalue weighted by molar-refractivity contribution is -0.179. The summed E-state index contributed by atoms with van der Waals surface area (Å²) in [7, 11) is 0. The highest BCUT2D eigenvalue weighted by atomic mass is 16.6. The van der Waals surface area contributed by atoms with Crippen LogP contribution in [0.2, 0.25) is 0 Å². The predicted molar refractivity (Wildman–Crippen MR) is 110 cm³/mol. The molecule has 0 N–H and O–H groups in total. The molecule has 2 atom stereocenters. The third-order valence-electron chi connectivity index (χ3n) is 3.98. The van der Waals surface area contributed by atoms with Crippen molar-refractivity contribution >= 4 is 11.9 Å². The third-order valence-corrected chi connectivity index (χ3v) is 3.98. The van der Waals surface area contributed by atoms with Crippen molar-refractivity contribution < 1.29 is 23.8 Å². The molecule has 0 amide bonds. The average molecular weight is 391 g/mol. The zero-order valence-electron chi connectivity index (χ0n) is 18.0. The van der Waals surface area contributed by atoms with E-state index in [9.17, 15) is 9.59 Å². The topological polar surface area (TPSA) is 61.8 Å². The fourth-order valence-electron chi connectivity index (χ4n) is 2.17. The number of ether oxygens (including phenoxy) is 3. The number of carbonyl (C=O) groups excluding carboxylic acids is 2. The molecule has 0 aliphatic carbocycles. The molecular weight excluding hydrogens is 356 g/mol. The lowest BCUT2D eigenvalue weighted by Gasteiger charge is -2.30. The first-order valence-corrected chi connectivity index (χ1v) is 9.60. The van der Waals surface area contributed by atoms with Crippen LogP contribution in [-0.2, 0) is 30.4 Å². The number of carbonyl (C=O) groups is 2. The molecule has 0 bridgehead atoms. The number of esters is 2. The molecule has 5 nitrogen and oxygen atoms in total. The van der Waals surface area contributed by atoms with Crippen molar-refractivity contribution in [2.75, 3.05) is 6.61 Å². The van der Waals surface area contributed by atoms with E-state index in [1.54, 1.807) is 47.6 Å². The Kier molecular flexibility index (Phi) is 8.89. The minimum atomic E-state index is -0.722. The van der Waals surface area contributed by atoms with Crippen molar-refractivity contribution in [1.29, 1.82) is 0 Å². The molecule has 0 aliphatic rings. The second-order valence-corrected chi connectivity index (χ2v) is 8.90. The third kappa shape index (κ3) is 8.26. The van der Waals surface area contributed by atoms with Gasteiger partial charge in [0.2, 0.25) is 0 Å². The fourth-order valence-corrected chi connectivity index (χ4v) is 2.17. The van der Waals surface area contributed by atoms with E-state index in [0.29, 0.717) is 13.0 Å². The Morgan fingerprint density at radius 2 is 1.54 bits per heavy atom. The highest BCUT2D eigenvalue weighted by Crippen LogP contribution is 2.22. The molecule has 1 rings (SSSR count). The van der Waals surface area contributed by atoms with E-state index >= 15 is 0 Å². The lowest BCUT2D eigenvalue weighted by Crippen LogP contribution is -2.41. The maximum absolute atomic E-state index is 12.5. The molecule has 0 aliphatic heterocycles. The Labute approximate surface area is 169 Å². The average Bonchev–Trinajstić information content (AvgIpc) is 2.61. The second kappa shape index (κ2) is 10.4. The summed E-state index contributed by atoms with van der Waals surface area (Å²) >= 11 is 0. The fraction of sp³-hybridized carbons (Fsp3) is 0.565. The first-order chi connectivity index (χ1) is 12.9. The van der Waals surface area contributed by atoms with Gasteiger partial charge in [-0.3, -0.25) is 9.59 Å². The van der Waals surface area contributed by atoms with Crippen LogP contribution in [-0.4, -0.2) is 30.8 Å². The van der Waals surface area contributed by atoms with Crippen LogP contribution in [0.25, 0.3) is 0 Å². The number of benzene rings is 1. The van der Waals surface area contributed by atoms with Gasteiger partial charge in [0.1, 0.15) is 12.7 Å². The summed E-state index contributed by atoms with van der Waals surface area (Å²) in [5, 5.41) is 0. The van der Waals surface area contributed by atoms with Gasteiger partial charge in [0, 0.05) is 0 Å². The molecule has 1 aromatic rings. The Morgan fingerprint density at radius 1 is 0.964 bits per heavy atom. The Morgan fingerprint density at radius 3 is 2.04 bits per heavy atom. The maximum Gasteiger partial charge on any atom is 0.311 e. The van der Waals surface area contributed by atoms with Crippen LogP contribution in [0.3, 0.4) is 0 Å². The van der Waals surface area contributed by atoms with Crippen LogP contribution in [0.1, 0.15) is 53.5 Å². The smallest absolute Gasteiger partial charge is 0.311 e. The second-order valence-electron chi connectivity index (χ2n) is 8.90. The van der Waals surface area contributed by atoms with Crippen molar-refractivity contribution in [2.24, 2.45) is 10.8 Å². The van der Waals surface area contributed by atoms with Crippen molar-refractivity contribution in [3.05, 3.63) is 48.6 Å². The van der Waals surface area contributed by atoms with Crippen LogP contribution >= 0.6 is 0 Å². The Balaban J connectivity index is 2.93. The zero-order chi connectivity index (χ0) is 21.4. The molecule has 0 spiro atoms. The van der Waals surface area contributed by atoms with E-state index in [0.717, 1.165) is 5.56 Å². The van der Waals surface area contributed by atoms with Gasteiger partial charge in [-0.1, -0.05) is 36.4 Å². The van der Waals surface area contributed by atoms with Gasteiger partial charge in [-0.15, -0.1) is 6.58 Å². The van der Waals surface area contributed by atoms with Crippen LogP contribution in [0.5, 0.6) is 0 Å². The summed E-state index contributed by atoms with van der Waals surface area (Å²) in [6, 6.07) is 9.72. The molecule has 0 saturated heterocycles. The molecule has 0 aromatic heterocycles. The van der Waals surface area contributed by atoms with E-state index in [-0.39, 0.29) is 18.5 Å². The van der Waals surface area contributed by atoms with Gasteiger partial charge in [0.15, 0.2) is 6.10 Å². The monoisotopic (exact) mass is 390 g/mol. The predicted octanol–water partition coefficient (Wildman–Crippen LogP) is 4.70. The first-order valence-electron chi connectivity index (χ1n) is 9.60. The van der Waals surface area contributed by atoms with Crippen molar-refractivity contribution in [3.63, 3.8) is 0 Å². The van der Waals surface area contributed by atoms with E-state index in [1.807, 2.05) is 30.3 Å².